The summed E-state index contributed by atoms with van der Waals surface area (Å²) in [6.07, 6.45) is -4.99. The van der Waals surface area contributed by atoms with Crippen molar-refractivity contribution in [2.75, 3.05) is 32.1 Å². The summed E-state index contributed by atoms with van der Waals surface area (Å²) in [6.45, 7) is 3.74. The summed E-state index contributed by atoms with van der Waals surface area (Å²) >= 11 is 1.40. The normalized spacial score (nSPS) is 11.9. The summed E-state index contributed by atoms with van der Waals surface area (Å²) in [7, 11) is 3.20. The SMILES string of the molecule is CCNCc1sc(N(C)CCC(F)(F)F)nc1COC. The van der Waals surface area contributed by atoms with E-state index in [4.69, 9.17) is 4.74 Å². The Morgan fingerprint density at radius 3 is 2.65 bits per heavy atom. The van der Waals surface area contributed by atoms with E-state index in [0.717, 1.165) is 17.1 Å². The van der Waals surface area contributed by atoms with Crippen molar-refractivity contribution in [2.45, 2.75) is 32.7 Å². The van der Waals surface area contributed by atoms with E-state index in [1.807, 2.05) is 6.92 Å². The number of hydrogen-bond donors (Lipinski definition) is 1. The van der Waals surface area contributed by atoms with Crippen molar-refractivity contribution < 1.29 is 17.9 Å². The zero-order valence-corrected chi connectivity index (χ0v) is 12.7. The molecule has 0 fully saturated rings. The molecule has 1 N–H and O–H groups in total. The zero-order chi connectivity index (χ0) is 15.2. The van der Waals surface area contributed by atoms with Crippen LogP contribution in [-0.2, 0) is 17.9 Å². The van der Waals surface area contributed by atoms with Crippen molar-refractivity contribution in [3.8, 4) is 0 Å². The van der Waals surface area contributed by atoms with Crippen LogP contribution in [0.4, 0.5) is 18.3 Å². The van der Waals surface area contributed by atoms with E-state index in [1.165, 1.54) is 16.2 Å². The molecule has 1 aromatic heterocycles. The van der Waals surface area contributed by atoms with Crippen molar-refractivity contribution in [3.63, 3.8) is 0 Å². The number of aromatic nitrogens is 1. The van der Waals surface area contributed by atoms with Gasteiger partial charge in [-0.2, -0.15) is 13.2 Å². The molecule has 0 aliphatic rings. The lowest BCUT2D eigenvalue weighted by molar-refractivity contribution is -0.132. The Morgan fingerprint density at radius 1 is 1.40 bits per heavy atom. The summed E-state index contributed by atoms with van der Waals surface area (Å²) in [6, 6.07) is 0. The standard InChI is InChI=1S/C12H20F3N3OS/c1-4-16-7-10-9(8-19-3)17-11(20-10)18(2)6-5-12(13,14)15/h16H,4-8H2,1-3H3. The highest BCUT2D eigenvalue weighted by atomic mass is 32.1. The molecule has 0 bridgehead atoms. The van der Waals surface area contributed by atoms with Crippen LogP contribution in [0, 0.1) is 0 Å². The van der Waals surface area contributed by atoms with Crippen LogP contribution in [0.15, 0.2) is 0 Å². The van der Waals surface area contributed by atoms with Gasteiger partial charge in [0.15, 0.2) is 5.13 Å². The van der Waals surface area contributed by atoms with Crippen LogP contribution >= 0.6 is 11.3 Å². The van der Waals surface area contributed by atoms with E-state index in [9.17, 15) is 13.2 Å². The van der Waals surface area contributed by atoms with Crippen LogP contribution in [-0.4, -0.2) is 38.4 Å². The summed E-state index contributed by atoms with van der Waals surface area (Å²) < 4.78 is 41.8. The van der Waals surface area contributed by atoms with Gasteiger partial charge < -0.3 is 15.0 Å². The topological polar surface area (TPSA) is 37.4 Å². The second-order valence-corrected chi connectivity index (χ2v) is 5.43. The van der Waals surface area contributed by atoms with Crippen LogP contribution in [0.1, 0.15) is 23.9 Å². The molecule has 8 heteroatoms. The number of ether oxygens (including phenoxy) is 1. The fraction of sp³-hybridized carbons (Fsp3) is 0.750. The first-order valence-electron chi connectivity index (χ1n) is 6.33. The fourth-order valence-corrected chi connectivity index (χ4v) is 2.57. The van der Waals surface area contributed by atoms with E-state index >= 15 is 0 Å². The van der Waals surface area contributed by atoms with Crippen molar-refractivity contribution in [3.05, 3.63) is 10.6 Å². The number of rotatable bonds is 8. The average Bonchev–Trinajstić information content (AvgIpc) is 2.76. The van der Waals surface area contributed by atoms with Gasteiger partial charge in [-0.3, -0.25) is 0 Å². The maximum atomic E-state index is 12.2. The molecule has 0 saturated heterocycles. The first-order chi connectivity index (χ1) is 9.37. The summed E-state index contributed by atoms with van der Waals surface area (Å²) in [5.41, 5.74) is 0.785. The molecule has 1 aromatic rings. The Bertz CT molecular complexity index is 409. The monoisotopic (exact) mass is 311 g/mol. The largest absolute Gasteiger partial charge is 0.390 e. The molecule has 0 radical (unpaired) electrons. The number of methoxy groups -OCH3 is 1. The molecular weight excluding hydrogens is 291 g/mol. The number of nitrogens with one attached hydrogen (secondary N) is 1. The van der Waals surface area contributed by atoms with Crippen LogP contribution in [0.25, 0.3) is 0 Å². The Hall–Kier alpha value is -0.860. The first-order valence-corrected chi connectivity index (χ1v) is 7.15. The quantitative estimate of drug-likeness (QED) is 0.801. The van der Waals surface area contributed by atoms with Crippen LogP contribution in [0.5, 0.6) is 0 Å². The minimum Gasteiger partial charge on any atom is -0.378 e. The Balaban J connectivity index is 2.73. The molecule has 4 nitrogen and oxygen atoms in total. The zero-order valence-electron chi connectivity index (χ0n) is 11.9. The minimum absolute atomic E-state index is 0.0932. The number of halogens is 3. The van der Waals surface area contributed by atoms with Crippen molar-refractivity contribution in [1.29, 1.82) is 0 Å². The van der Waals surface area contributed by atoms with Gasteiger partial charge >= 0.3 is 6.18 Å². The lowest BCUT2D eigenvalue weighted by Gasteiger charge is -2.16. The van der Waals surface area contributed by atoms with Crippen molar-refractivity contribution >= 4 is 16.5 Å². The second kappa shape index (κ2) is 7.80. The summed E-state index contributed by atoms with van der Waals surface area (Å²) in [5.74, 6) is 0. The molecule has 20 heavy (non-hydrogen) atoms. The van der Waals surface area contributed by atoms with Crippen LogP contribution < -0.4 is 10.2 Å². The molecular formula is C12H20F3N3OS. The van der Waals surface area contributed by atoms with E-state index in [2.05, 4.69) is 10.3 Å². The highest BCUT2D eigenvalue weighted by molar-refractivity contribution is 7.15. The van der Waals surface area contributed by atoms with E-state index in [-0.39, 0.29) is 6.54 Å². The second-order valence-electron chi connectivity index (χ2n) is 4.37. The minimum atomic E-state index is -4.15. The lowest BCUT2D eigenvalue weighted by Crippen LogP contribution is -2.23. The molecule has 1 rings (SSSR count). The van der Waals surface area contributed by atoms with E-state index < -0.39 is 12.6 Å². The van der Waals surface area contributed by atoms with Crippen molar-refractivity contribution in [1.82, 2.24) is 10.3 Å². The number of anilines is 1. The van der Waals surface area contributed by atoms with Gasteiger partial charge in [0, 0.05) is 32.1 Å². The Labute approximate surface area is 120 Å². The molecule has 0 unspecified atom stereocenters. The number of thiazole rings is 1. The van der Waals surface area contributed by atoms with Gasteiger partial charge in [-0.05, 0) is 6.54 Å². The average molecular weight is 311 g/mol. The predicted molar refractivity (Wildman–Crippen MR) is 74.1 cm³/mol. The Morgan fingerprint density at radius 2 is 2.10 bits per heavy atom. The molecule has 1 heterocycles. The van der Waals surface area contributed by atoms with Crippen LogP contribution in [0.2, 0.25) is 0 Å². The number of alkyl halides is 3. The molecule has 0 aromatic carbocycles. The maximum absolute atomic E-state index is 12.2. The smallest absolute Gasteiger partial charge is 0.378 e. The third kappa shape index (κ3) is 5.64. The third-order valence-corrected chi connectivity index (χ3v) is 3.85. The molecule has 0 spiro atoms. The molecule has 0 saturated carbocycles. The molecule has 0 aliphatic heterocycles. The first kappa shape index (κ1) is 17.2. The van der Waals surface area contributed by atoms with Crippen molar-refractivity contribution in [2.24, 2.45) is 0 Å². The maximum Gasteiger partial charge on any atom is 0.390 e. The van der Waals surface area contributed by atoms with Crippen LogP contribution in [0.3, 0.4) is 0 Å². The fourth-order valence-electron chi connectivity index (χ4n) is 1.55. The molecule has 0 aliphatic carbocycles. The van der Waals surface area contributed by atoms with Gasteiger partial charge in [-0.25, -0.2) is 4.98 Å². The van der Waals surface area contributed by atoms with Gasteiger partial charge in [0.1, 0.15) is 0 Å². The molecule has 116 valence electrons. The molecule has 0 amide bonds. The third-order valence-electron chi connectivity index (χ3n) is 2.64. The Kier molecular flexibility index (Phi) is 6.70. The van der Waals surface area contributed by atoms with Gasteiger partial charge in [0.2, 0.25) is 0 Å². The van der Waals surface area contributed by atoms with E-state index in [0.29, 0.717) is 18.3 Å². The van der Waals surface area contributed by atoms with Gasteiger partial charge in [0.25, 0.3) is 0 Å². The van der Waals surface area contributed by atoms with Gasteiger partial charge in [-0.1, -0.05) is 6.92 Å². The summed E-state index contributed by atoms with van der Waals surface area (Å²) in [4.78, 5) is 6.90. The number of hydrogen-bond acceptors (Lipinski definition) is 5. The van der Waals surface area contributed by atoms with Gasteiger partial charge in [-0.15, -0.1) is 11.3 Å². The molecule has 0 atom stereocenters. The van der Waals surface area contributed by atoms with E-state index in [1.54, 1.807) is 14.2 Å². The lowest BCUT2D eigenvalue weighted by atomic mass is 10.3. The van der Waals surface area contributed by atoms with Gasteiger partial charge in [0.05, 0.1) is 18.7 Å². The summed E-state index contributed by atoms with van der Waals surface area (Å²) in [5, 5.41) is 3.78. The highest BCUT2D eigenvalue weighted by Crippen LogP contribution is 2.28. The highest BCUT2D eigenvalue weighted by Gasteiger charge is 2.27. The predicted octanol–water partition coefficient (Wildman–Crippen LogP) is 2.79. The number of nitrogens with zero attached hydrogens (tertiary/aromatic N) is 2.